The van der Waals surface area contributed by atoms with Crippen LogP contribution in [0.4, 0.5) is 0 Å². The lowest BCUT2D eigenvalue weighted by molar-refractivity contribution is -0.118. The van der Waals surface area contributed by atoms with Crippen molar-refractivity contribution >= 4 is 5.71 Å². The Bertz CT molecular complexity index is 214. The van der Waals surface area contributed by atoms with Gasteiger partial charge in [0.15, 0.2) is 5.71 Å². The molecule has 0 unspecified atom stereocenters. The molecule has 2 nitrogen and oxygen atoms in total. The Morgan fingerprint density at radius 3 is 2.42 bits per heavy atom. The molecule has 0 aromatic heterocycles. The van der Waals surface area contributed by atoms with E-state index in [-0.39, 0.29) is 0 Å². The number of nitrogens with two attached hydrogens (primary N) is 2. The molecule has 1 rings (SSSR count). The topological polar surface area (TPSA) is 51.6 Å². The van der Waals surface area contributed by atoms with Crippen LogP contribution in [0, 0.1) is 5.92 Å². The number of rotatable bonds is 2. The van der Waals surface area contributed by atoms with Gasteiger partial charge in [-0.15, -0.1) is 0 Å². The zero-order valence-electron chi connectivity index (χ0n) is 8.06. The Balaban J connectivity index is 2.78. The highest BCUT2D eigenvalue weighted by atomic mass is 14.6. The van der Waals surface area contributed by atoms with Crippen LogP contribution in [0.5, 0.6) is 0 Å². The molecular formula is C10H19N2+. The van der Waals surface area contributed by atoms with E-state index < -0.39 is 0 Å². The third-order valence-electron chi connectivity index (χ3n) is 2.48. The molecule has 0 amide bonds. The molecule has 0 heterocycles. The quantitative estimate of drug-likeness (QED) is 0.582. The Labute approximate surface area is 74.4 Å². The van der Waals surface area contributed by atoms with Gasteiger partial charge in [-0.05, 0) is 25.7 Å². The van der Waals surface area contributed by atoms with Crippen LogP contribution >= 0.6 is 0 Å². The minimum absolute atomic E-state index is 0.427. The molecule has 1 aliphatic carbocycles. The summed E-state index contributed by atoms with van der Waals surface area (Å²) in [6.45, 7) is 4.23. The molecule has 68 valence electrons. The lowest BCUT2D eigenvalue weighted by atomic mass is 9.89. The van der Waals surface area contributed by atoms with Gasteiger partial charge in [0.2, 0.25) is 0 Å². The van der Waals surface area contributed by atoms with Gasteiger partial charge < -0.3 is 5.73 Å². The van der Waals surface area contributed by atoms with Gasteiger partial charge in [0, 0.05) is 17.2 Å². The van der Waals surface area contributed by atoms with Crippen LogP contribution in [0.3, 0.4) is 0 Å². The molecule has 0 radical (unpaired) electrons. The van der Waals surface area contributed by atoms with Crippen LogP contribution in [0.1, 0.15) is 39.5 Å². The lowest BCUT2D eigenvalue weighted by Gasteiger charge is -2.16. The van der Waals surface area contributed by atoms with Crippen molar-refractivity contribution in [2.45, 2.75) is 39.5 Å². The Morgan fingerprint density at radius 2 is 1.92 bits per heavy atom. The summed E-state index contributed by atoms with van der Waals surface area (Å²) in [5.41, 5.74) is 9.14. The average Bonchev–Trinajstić information content (AvgIpc) is 2.04. The molecule has 12 heavy (non-hydrogen) atoms. The molecule has 0 fully saturated rings. The fourth-order valence-electron chi connectivity index (χ4n) is 1.61. The predicted molar refractivity (Wildman–Crippen MR) is 51.5 cm³/mol. The summed E-state index contributed by atoms with van der Waals surface area (Å²) in [5.74, 6) is 0.427. The summed E-state index contributed by atoms with van der Waals surface area (Å²) in [5, 5.41) is 5.96. The van der Waals surface area contributed by atoms with E-state index in [0.29, 0.717) is 5.92 Å². The highest BCUT2D eigenvalue weighted by Crippen LogP contribution is 2.23. The van der Waals surface area contributed by atoms with Gasteiger partial charge in [0.25, 0.3) is 0 Å². The number of allylic oxidation sites excluding steroid dienone is 2. The van der Waals surface area contributed by atoms with Gasteiger partial charge >= 0.3 is 0 Å². The summed E-state index contributed by atoms with van der Waals surface area (Å²) >= 11 is 0. The highest BCUT2D eigenvalue weighted by molar-refractivity contribution is 5.97. The first kappa shape index (κ1) is 9.30. The summed E-state index contributed by atoms with van der Waals surface area (Å²) < 4.78 is 0. The summed E-state index contributed by atoms with van der Waals surface area (Å²) in [4.78, 5) is 0. The third-order valence-corrected chi connectivity index (χ3v) is 2.48. The van der Waals surface area contributed by atoms with Crippen molar-refractivity contribution in [3.05, 3.63) is 11.3 Å². The van der Waals surface area contributed by atoms with E-state index in [4.69, 9.17) is 11.1 Å². The monoisotopic (exact) mass is 167 g/mol. The molecule has 0 bridgehead atoms. The van der Waals surface area contributed by atoms with E-state index in [2.05, 4.69) is 13.8 Å². The molecule has 4 N–H and O–H groups in total. The molecule has 0 aliphatic heterocycles. The zero-order valence-corrected chi connectivity index (χ0v) is 8.06. The van der Waals surface area contributed by atoms with Gasteiger partial charge in [-0.25, -0.2) is 0 Å². The van der Waals surface area contributed by atoms with Gasteiger partial charge in [0.1, 0.15) is 0 Å². The predicted octanol–water partition coefficient (Wildman–Crippen LogP) is 0.629. The van der Waals surface area contributed by atoms with Crippen LogP contribution in [0.15, 0.2) is 11.3 Å². The second kappa shape index (κ2) is 3.74. The fourth-order valence-corrected chi connectivity index (χ4v) is 1.61. The van der Waals surface area contributed by atoms with E-state index in [1.165, 1.54) is 18.4 Å². The molecule has 0 spiro atoms. The van der Waals surface area contributed by atoms with Crippen LogP contribution in [-0.4, -0.2) is 5.71 Å². The van der Waals surface area contributed by atoms with Crippen molar-refractivity contribution in [1.29, 1.82) is 0 Å². The van der Waals surface area contributed by atoms with Crippen molar-refractivity contribution in [2.75, 3.05) is 0 Å². The van der Waals surface area contributed by atoms with E-state index in [1.54, 1.807) is 0 Å². The van der Waals surface area contributed by atoms with E-state index in [9.17, 15) is 0 Å². The van der Waals surface area contributed by atoms with Crippen molar-refractivity contribution in [2.24, 2.45) is 11.7 Å². The van der Waals surface area contributed by atoms with Crippen LogP contribution in [-0.2, 0) is 0 Å². The van der Waals surface area contributed by atoms with Crippen molar-refractivity contribution in [3.63, 3.8) is 0 Å². The molecule has 0 saturated heterocycles. The standard InChI is InChI=1S/C10H18N2/c1-7(2)10(12)8-5-3-4-6-9(8)11/h7,12H,3-6,11H2,1-2H3/p+1. The maximum Gasteiger partial charge on any atom is 0.180 e. The van der Waals surface area contributed by atoms with Gasteiger partial charge in [-0.1, -0.05) is 13.8 Å². The van der Waals surface area contributed by atoms with Gasteiger partial charge in [-0.2, -0.15) is 0 Å². The molecule has 0 aromatic rings. The van der Waals surface area contributed by atoms with E-state index >= 15 is 0 Å². The van der Waals surface area contributed by atoms with Crippen LogP contribution in [0.25, 0.3) is 0 Å². The molecule has 0 saturated carbocycles. The largest absolute Gasteiger partial charge is 0.402 e. The maximum absolute atomic E-state index is 5.96. The summed E-state index contributed by atoms with van der Waals surface area (Å²) in [6.07, 6.45) is 4.57. The Morgan fingerprint density at radius 1 is 1.33 bits per heavy atom. The van der Waals surface area contributed by atoms with Crippen molar-refractivity contribution in [3.8, 4) is 0 Å². The van der Waals surface area contributed by atoms with Crippen LogP contribution < -0.4 is 11.1 Å². The second-order valence-corrected chi connectivity index (χ2v) is 3.82. The SMILES string of the molecule is CC(C)C(=[NH2+])C1=C(N)CCCC1. The molecule has 1 aliphatic rings. The minimum atomic E-state index is 0.427. The first-order valence-corrected chi connectivity index (χ1v) is 4.73. The normalized spacial score (nSPS) is 18.6. The maximum atomic E-state index is 5.96. The third kappa shape index (κ3) is 1.87. The summed E-state index contributed by atoms with van der Waals surface area (Å²) in [6, 6.07) is 0. The van der Waals surface area contributed by atoms with Crippen molar-refractivity contribution < 1.29 is 5.41 Å². The molecule has 0 atom stereocenters. The highest BCUT2D eigenvalue weighted by Gasteiger charge is 2.20. The smallest absolute Gasteiger partial charge is 0.180 e. The minimum Gasteiger partial charge on any atom is -0.402 e. The van der Waals surface area contributed by atoms with Crippen LogP contribution in [0.2, 0.25) is 0 Å². The average molecular weight is 167 g/mol. The molecule has 0 aromatic carbocycles. The van der Waals surface area contributed by atoms with Gasteiger partial charge in [-0.3, -0.25) is 5.41 Å². The van der Waals surface area contributed by atoms with Crippen molar-refractivity contribution in [1.82, 2.24) is 0 Å². The first-order valence-electron chi connectivity index (χ1n) is 4.73. The Kier molecular flexibility index (Phi) is 2.90. The molecule has 2 heteroatoms. The van der Waals surface area contributed by atoms with E-state index in [1.807, 2.05) is 0 Å². The zero-order chi connectivity index (χ0) is 9.14. The van der Waals surface area contributed by atoms with Gasteiger partial charge in [0.05, 0.1) is 0 Å². The number of hydrogen-bond donors (Lipinski definition) is 2. The molecular weight excluding hydrogens is 148 g/mol. The number of hydrogen-bond acceptors (Lipinski definition) is 1. The fraction of sp³-hybridized carbons (Fsp3) is 0.700. The summed E-state index contributed by atoms with van der Waals surface area (Å²) in [7, 11) is 0. The second-order valence-electron chi connectivity index (χ2n) is 3.82. The Hall–Kier alpha value is -0.790. The van der Waals surface area contributed by atoms with E-state index in [0.717, 1.165) is 24.3 Å². The first-order chi connectivity index (χ1) is 5.63. The lowest BCUT2D eigenvalue weighted by Crippen LogP contribution is -2.45.